The molecule has 1 aliphatic rings. The molecule has 1 atom stereocenters. The lowest BCUT2D eigenvalue weighted by Gasteiger charge is -2.31. The van der Waals surface area contributed by atoms with Gasteiger partial charge in [0.25, 0.3) is 0 Å². The van der Waals surface area contributed by atoms with Gasteiger partial charge in [-0.3, -0.25) is 4.98 Å². The van der Waals surface area contributed by atoms with Crippen LogP contribution in [0.3, 0.4) is 0 Å². The maximum absolute atomic E-state index is 4.48. The fraction of sp³-hybridized carbons (Fsp3) is 0.688. The van der Waals surface area contributed by atoms with Crippen molar-refractivity contribution in [3.63, 3.8) is 0 Å². The number of anilines is 1. The number of thioether (sulfide) groups is 1. The Bertz CT molecular complexity index is 432. The number of rotatable bonds is 8. The van der Waals surface area contributed by atoms with Crippen molar-refractivity contribution in [1.82, 2.24) is 10.3 Å². The minimum Gasteiger partial charge on any atom is -0.370 e. The second-order valence-corrected chi connectivity index (χ2v) is 6.65. The second-order valence-electron chi connectivity index (χ2n) is 5.74. The Morgan fingerprint density at radius 1 is 1.50 bits per heavy atom. The zero-order chi connectivity index (χ0) is 14.5. The van der Waals surface area contributed by atoms with E-state index in [-0.39, 0.29) is 0 Å². The minimum absolute atomic E-state index is 0.589. The summed E-state index contributed by atoms with van der Waals surface area (Å²) in [6.07, 6.45) is 8.06. The third-order valence-electron chi connectivity index (χ3n) is 4.02. The van der Waals surface area contributed by atoms with Crippen LogP contribution in [0.25, 0.3) is 0 Å². The second kappa shape index (κ2) is 7.32. The smallest absolute Gasteiger partial charge is 0.0445 e. The normalized spacial score (nSPS) is 16.2. The molecule has 3 nitrogen and oxygen atoms in total. The molecule has 1 heterocycles. The van der Waals surface area contributed by atoms with Crippen LogP contribution in [0.5, 0.6) is 0 Å². The van der Waals surface area contributed by atoms with E-state index in [4.69, 9.17) is 0 Å². The summed E-state index contributed by atoms with van der Waals surface area (Å²) < 4.78 is 0. The van der Waals surface area contributed by atoms with Crippen molar-refractivity contribution in [2.45, 2.75) is 51.7 Å². The first-order valence-corrected chi connectivity index (χ1v) is 8.95. The van der Waals surface area contributed by atoms with E-state index in [0.29, 0.717) is 6.04 Å². The molecule has 1 N–H and O–H groups in total. The number of nitrogens with one attached hydrogen (secondary N) is 1. The van der Waals surface area contributed by atoms with E-state index < -0.39 is 0 Å². The minimum atomic E-state index is 0.589. The first-order valence-electron chi connectivity index (χ1n) is 7.56. The van der Waals surface area contributed by atoms with Crippen molar-refractivity contribution >= 4 is 17.4 Å². The standard InChI is InChI=1S/C16H27N3S/c1-5-15(11-20-4)19(3)16-8-12(2)17-9-13(16)10-18-14-6-7-14/h8-9,14-15,18H,5-7,10-11H2,1-4H3. The molecule has 20 heavy (non-hydrogen) atoms. The average molecular weight is 293 g/mol. The zero-order valence-electron chi connectivity index (χ0n) is 13.1. The van der Waals surface area contributed by atoms with Crippen LogP contribution in [0.2, 0.25) is 0 Å². The molecule has 0 aromatic carbocycles. The molecule has 112 valence electrons. The van der Waals surface area contributed by atoms with Gasteiger partial charge in [-0.15, -0.1) is 0 Å². The van der Waals surface area contributed by atoms with Gasteiger partial charge in [-0.1, -0.05) is 6.92 Å². The zero-order valence-corrected chi connectivity index (χ0v) is 14.0. The van der Waals surface area contributed by atoms with Crippen LogP contribution in [-0.2, 0) is 6.54 Å². The number of hydrogen-bond donors (Lipinski definition) is 1. The molecule has 0 radical (unpaired) electrons. The van der Waals surface area contributed by atoms with Crippen LogP contribution in [0.1, 0.15) is 37.4 Å². The third kappa shape index (κ3) is 4.13. The monoisotopic (exact) mass is 293 g/mol. The molecule has 0 saturated heterocycles. The highest BCUT2D eigenvalue weighted by atomic mass is 32.2. The molecule has 0 bridgehead atoms. The van der Waals surface area contributed by atoms with Crippen LogP contribution < -0.4 is 10.2 Å². The molecule has 1 aromatic rings. The van der Waals surface area contributed by atoms with Gasteiger partial charge >= 0.3 is 0 Å². The van der Waals surface area contributed by atoms with Gasteiger partial charge in [0.2, 0.25) is 0 Å². The van der Waals surface area contributed by atoms with Crippen LogP contribution in [0, 0.1) is 6.92 Å². The summed E-state index contributed by atoms with van der Waals surface area (Å²) in [6.45, 7) is 5.28. The Hall–Kier alpha value is -0.740. The fourth-order valence-electron chi connectivity index (χ4n) is 2.47. The van der Waals surface area contributed by atoms with Crippen molar-refractivity contribution in [2.75, 3.05) is 24.0 Å². The van der Waals surface area contributed by atoms with E-state index >= 15 is 0 Å². The van der Waals surface area contributed by atoms with Crippen molar-refractivity contribution in [1.29, 1.82) is 0 Å². The predicted octanol–water partition coefficient (Wildman–Crippen LogP) is 3.22. The summed E-state index contributed by atoms with van der Waals surface area (Å²) in [5.41, 5.74) is 3.76. The summed E-state index contributed by atoms with van der Waals surface area (Å²) in [5.74, 6) is 1.17. The van der Waals surface area contributed by atoms with Gasteiger partial charge in [-0.25, -0.2) is 0 Å². The molecule has 1 aromatic heterocycles. The van der Waals surface area contributed by atoms with Gasteiger partial charge in [0.05, 0.1) is 0 Å². The first kappa shape index (κ1) is 15.6. The van der Waals surface area contributed by atoms with E-state index in [0.717, 1.165) is 18.3 Å². The summed E-state index contributed by atoms with van der Waals surface area (Å²) in [7, 11) is 2.22. The lowest BCUT2D eigenvalue weighted by atomic mass is 10.1. The molecular formula is C16H27N3S. The SMILES string of the molecule is CCC(CSC)N(C)c1cc(C)ncc1CNC1CC1. The van der Waals surface area contributed by atoms with Crippen molar-refractivity contribution in [3.8, 4) is 0 Å². The maximum atomic E-state index is 4.48. The van der Waals surface area contributed by atoms with E-state index in [9.17, 15) is 0 Å². The van der Waals surface area contributed by atoms with Crippen molar-refractivity contribution in [2.24, 2.45) is 0 Å². The van der Waals surface area contributed by atoms with Crippen LogP contribution in [0.15, 0.2) is 12.3 Å². The van der Waals surface area contributed by atoms with Gasteiger partial charge < -0.3 is 10.2 Å². The fourth-order valence-corrected chi connectivity index (χ4v) is 3.32. The van der Waals surface area contributed by atoms with E-state index in [1.807, 2.05) is 18.0 Å². The van der Waals surface area contributed by atoms with Crippen LogP contribution in [0.4, 0.5) is 5.69 Å². The Morgan fingerprint density at radius 3 is 2.85 bits per heavy atom. The molecule has 0 spiro atoms. The predicted molar refractivity (Wildman–Crippen MR) is 89.7 cm³/mol. The summed E-state index contributed by atoms with van der Waals surface area (Å²) in [5, 5.41) is 3.60. The van der Waals surface area contributed by atoms with E-state index in [2.05, 4.69) is 48.4 Å². The Balaban J connectivity index is 2.15. The Labute approximate surface area is 127 Å². The number of pyridine rings is 1. The molecule has 2 rings (SSSR count). The third-order valence-corrected chi connectivity index (χ3v) is 4.73. The number of aromatic nitrogens is 1. The van der Waals surface area contributed by atoms with Gasteiger partial charge in [0.15, 0.2) is 0 Å². The molecule has 0 aliphatic heterocycles. The quantitative estimate of drug-likeness (QED) is 0.796. The molecule has 1 unspecified atom stereocenters. The number of aryl methyl sites for hydroxylation is 1. The Kier molecular flexibility index (Phi) is 5.73. The van der Waals surface area contributed by atoms with Crippen LogP contribution >= 0.6 is 11.8 Å². The van der Waals surface area contributed by atoms with Gasteiger partial charge in [-0.05, 0) is 38.5 Å². The van der Waals surface area contributed by atoms with Gasteiger partial charge in [-0.2, -0.15) is 11.8 Å². The summed E-state index contributed by atoms with van der Waals surface area (Å²) >= 11 is 1.92. The first-order chi connectivity index (χ1) is 9.65. The highest BCUT2D eigenvalue weighted by Gasteiger charge is 2.22. The molecule has 1 aliphatic carbocycles. The molecule has 1 fully saturated rings. The van der Waals surface area contributed by atoms with Crippen molar-refractivity contribution in [3.05, 3.63) is 23.5 Å². The van der Waals surface area contributed by atoms with Crippen LogP contribution in [-0.4, -0.2) is 36.1 Å². The van der Waals surface area contributed by atoms with Gasteiger partial charge in [0, 0.05) is 54.6 Å². The van der Waals surface area contributed by atoms with Gasteiger partial charge in [0.1, 0.15) is 0 Å². The molecule has 4 heteroatoms. The number of nitrogens with zero attached hydrogens (tertiary/aromatic N) is 2. The topological polar surface area (TPSA) is 28.2 Å². The van der Waals surface area contributed by atoms with E-state index in [1.165, 1.54) is 36.3 Å². The number of hydrogen-bond acceptors (Lipinski definition) is 4. The molecular weight excluding hydrogens is 266 g/mol. The molecule has 0 amide bonds. The lowest BCUT2D eigenvalue weighted by Crippen LogP contribution is -2.34. The highest BCUT2D eigenvalue weighted by molar-refractivity contribution is 7.98. The largest absolute Gasteiger partial charge is 0.370 e. The summed E-state index contributed by atoms with van der Waals surface area (Å²) in [6, 6.07) is 3.56. The average Bonchev–Trinajstić information content (AvgIpc) is 3.26. The lowest BCUT2D eigenvalue weighted by molar-refractivity contribution is 0.653. The Morgan fingerprint density at radius 2 is 2.25 bits per heavy atom. The highest BCUT2D eigenvalue weighted by Crippen LogP contribution is 2.26. The van der Waals surface area contributed by atoms with Crippen molar-refractivity contribution < 1.29 is 0 Å². The molecule has 1 saturated carbocycles. The maximum Gasteiger partial charge on any atom is 0.0445 e. The summed E-state index contributed by atoms with van der Waals surface area (Å²) in [4.78, 5) is 6.92. The van der Waals surface area contributed by atoms with E-state index in [1.54, 1.807) is 0 Å².